The van der Waals surface area contributed by atoms with Gasteiger partial charge in [0.05, 0.1) is 4.90 Å². The lowest BCUT2D eigenvalue weighted by Gasteiger charge is -2.10. The first-order chi connectivity index (χ1) is 10.4. The fraction of sp³-hybridized carbons (Fsp3) is 0.111. The Morgan fingerprint density at radius 1 is 0.909 bits per heavy atom. The molecule has 0 aliphatic carbocycles. The van der Waals surface area contributed by atoms with Gasteiger partial charge in [-0.2, -0.15) is 0 Å². The lowest BCUT2D eigenvalue weighted by molar-refractivity contribution is 0.602. The van der Waals surface area contributed by atoms with E-state index in [1.165, 1.54) is 22.3 Å². The molecule has 0 N–H and O–H groups in total. The molecule has 0 atom stereocenters. The van der Waals surface area contributed by atoms with E-state index in [0.29, 0.717) is 4.90 Å². The van der Waals surface area contributed by atoms with E-state index in [4.69, 9.17) is 0 Å². The first kappa shape index (κ1) is 15.0. The van der Waals surface area contributed by atoms with Gasteiger partial charge in [-0.15, -0.1) is 11.3 Å². The van der Waals surface area contributed by atoms with E-state index in [-0.39, 0.29) is 0 Å². The summed E-state index contributed by atoms with van der Waals surface area (Å²) in [6.07, 6.45) is 1.23. The largest absolute Gasteiger partial charge is 0.224 e. The van der Waals surface area contributed by atoms with Crippen LogP contribution in [0.2, 0.25) is 0 Å². The third-order valence-electron chi connectivity index (χ3n) is 3.56. The normalized spacial score (nSPS) is 11.5. The highest BCUT2D eigenvalue weighted by Crippen LogP contribution is 2.35. The second-order valence-electron chi connectivity index (χ2n) is 5.32. The summed E-state index contributed by atoms with van der Waals surface area (Å²) in [6, 6.07) is 17.6. The smallest absolute Gasteiger partial charge is 0.175 e. The molecule has 0 bridgehead atoms. The van der Waals surface area contributed by atoms with Gasteiger partial charge in [-0.25, -0.2) is 8.42 Å². The van der Waals surface area contributed by atoms with Crippen molar-refractivity contribution in [1.29, 1.82) is 0 Å². The Kier molecular flexibility index (Phi) is 3.89. The maximum absolute atomic E-state index is 11.6. The van der Waals surface area contributed by atoms with Crippen molar-refractivity contribution in [2.75, 3.05) is 6.26 Å². The minimum absolute atomic E-state index is 0.348. The fourth-order valence-corrected chi connectivity index (χ4v) is 3.81. The molecule has 0 saturated carbocycles. The topological polar surface area (TPSA) is 34.1 Å². The minimum atomic E-state index is -3.16. The number of aryl methyl sites for hydroxylation is 1. The summed E-state index contributed by atoms with van der Waals surface area (Å²) in [5.41, 5.74) is 4.53. The average Bonchev–Trinajstić information content (AvgIpc) is 3.00. The van der Waals surface area contributed by atoms with Crippen LogP contribution in [0.5, 0.6) is 0 Å². The Morgan fingerprint density at radius 2 is 1.64 bits per heavy atom. The van der Waals surface area contributed by atoms with E-state index in [9.17, 15) is 8.42 Å². The predicted molar refractivity (Wildman–Crippen MR) is 93.0 cm³/mol. The lowest BCUT2D eigenvalue weighted by Crippen LogP contribution is -1.96. The molecule has 0 radical (unpaired) electrons. The molecule has 4 heteroatoms. The predicted octanol–water partition coefficient (Wildman–Crippen LogP) is 4.79. The molecule has 0 amide bonds. The van der Waals surface area contributed by atoms with Gasteiger partial charge < -0.3 is 0 Å². The van der Waals surface area contributed by atoms with Crippen molar-refractivity contribution < 1.29 is 8.42 Å². The molecule has 0 aliphatic heterocycles. The van der Waals surface area contributed by atoms with E-state index in [1.54, 1.807) is 23.5 Å². The number of benzene rings is 2. The van der Waals surface area contributed by atoms with Gasteiger partial charge in [0.25, 0.3) is 0 Å². The van der Waals surface area contributed by atoms with Crippen molar-refractivity contribution >= 4 is 21.2 Å². The number of hydrogen-bond donors (Lipinski definition) is 0. The summed E-state index contributed by atoms with van der Waals surface area (Å²) in [6.45, 7) is 2.08. The van der Waals surface area contributed by atoms with Gasteiger partial charge in [0.15, 0.2) is 9.84 Å². The molecular weight excluding hydrogens is 312 g/mol. The molecular formula is C18H16O2S2. The van der Waals surface area contributed by atoms with Gasteiger partial charge in [-0.3, -0.25) is 0 Å². The van der Waals surface area contributed by atoms with E-state index in [1.807, 2.05) is 18.2 Å². The second kappa shape index (κ2) is 5.71. The van der Waals surface area contributed by atoms with Crippen LogP contribution in [0.15, 0.2) is 64.9 Å². The molecule has 0 unspecified atom stereocenters. The van der Waals surface area contributed by atoms with Gasteiger partial charge in [-0.05, 0) is 53.3 Å². The molecule has 3 aromatic rings. The Bertz CT molecular complexity index is 891. The third kappa shape index (κ3) is 2.98. The summed E-state index contributed by atoms with van der Waals surface area (Å²) in [5.74, 6) is 0. The zero-order chi connectivity index (χ0) is 15.7. The minimum Gasteiger partial charge on any atom is -0.224 e. The molecule has 112 valence electrons. The summed E-state index contributed by atoms with van der Waals surface area (Å²) in [5, 5.41) is 2.06. The molecule has 0 saturated heterocycles. The first-order valence-corrected chi connectivity index (χ1v) is 9.67. The van der Waals surface area contributed by atoms with Crippen LogP contribution in [-0.2, 0) is 9.84 Å². The van der Waals surface area contributed by atoms with Crippen LogP contribution in [0.3, 0.4) is 0 Å². The number of thiophene rings is 1. The zero-order valence-electron chi connectivity index (χ0n) is 12.4. The monoisotopic (exact) mass is 328 g/mol. The fourth-order valence-electron chi connectivity index (χ4n) is 2.43. The van der Waals surface area contributed by atoms with Gasteiger partial charge in [0, 0.05) is 11.1 Å². The van der Waals surface area contributed by atoms with Crippen molar-refractivity contribution in [3.8, 4) is 21.6 Å². The quantitative estimate of drug-likeness (QED) is 0.692. The Hall–Kier alpha value is -1.91. The van der Waals surface area contributed by atoms with Crippen LogP contribution in [-0.4, -0.2) is 14.7 Å². The van der Waals surface area contributed by atoms with Crippen molar-refractivity contribution in [3.63, 3.8) is 0 Å². The molecule has 1 aromatic heterocycles. The van der Waals surface area contributed by atoms with Crippen LogP contribution in [0.4, 0.5) is 0 Å². The molecule has 1 heterocycles. The highest BCUT2D eigenvalue weighted by atomic mass is 32.2. The Labute approximate surface area is 135 Å². The molecule has 22 heavy (non-hydrogen) atoms. The Balaban J connectivity index is 2.13. The van der Waals surface area contributed by atoms with E-state index >= 15 is 0 Å². The molecule has 0 aliphatic rings. The lowest BCUT2D eigenvalue weighted by atomic mass is 9.97. The van der Waals surface area contributed by atoms with E-state index < -0.39 is 9.84 Å². The molecule has 3 rings (SSSR count). The van der Waals surface area contributed by atoms with E-state index in [0.717, 1.165) is 11.1 Å². The Morgan fingerprint density at radius 3 is 2.23 bits per heavy atom. The van der Waals surface area contributed by atoms with Gasteiger partial charge in [0.2, 0.25) is 0 Å². The maximum Gasteiger partial charge on any atom is 0.175 e. The summed E-state index contributed by atoms with van der Waals surface area (Å²) < 4.78 is 23.2. The number of rotatable bonds is 3. The van der Waals surface area contributed by atoms with Crippen LogP contribution < -0.4 is 0 Å². The van der Waals surface area contributed by atoms with Crippen molar-refractivity contribution in [1.82, 2.24) is 0 Å². The highest BCUT2D eigenvalue weighted by molar-refractivity contribution is 7.90. The van der Waals surface area contributed by atoms with Crippen LogP contribution in [0.25, 0.3) is 21.6 Å². The maximum atomic E-state index is 11.6. The van der Waals surface area contributed by atoms with Crippen molar-refractivity contribution in [3.05, 3.63) is 65.5 Å². The molecule has 0 fully saturated rings. The number of sulfone groups is 1. The van der Waals surface area contributed by atoms with Crippen LogP contribution >= 0.6 is 11.3 Å². The number of hydrogen-bond acceptors (Lipinski definition) is 3. The average molecular weight is 328 g/mol. The van der Waals surface area contributed by atoms with Gasteiger partial charge in [0.1, 0.15) is 0 Å². The molecule has 2 nitrogen and oxygen atoms in total. The van der Waals surface area contributed by atoms with Crippen LogP contribution in [0, 0.1) is 6.92 Å². The van der Waals surface area contributed by atoms with Crippen LogP contribution in [0.1, 0.15) is 5.56 Å². The second-order valence-corrected chi connectivity index (χ2v) is 8.29. The standard InChI is InChI=1S/C18H16O2S2/c1-13-5-10-16(17(12-13)18-4-3-11-21-18)14-6-8-15(9-7-14)22(2,19)20/h3-12H,1-2H3. The summed E-state index contributed by atoms with van der Waals surface area (Å²) in [7, 11) is -3.16. The third-order valence-corrected chi connectivity index (χ3v) is 5.59. The summed E-state index contributed by atoms with van der Waals surface area (Å²) in [4.78, 5) is 1.56. The van der Waals surface area contributed by atoms with Gasteiger partial charge >= 0.3 is 0 Å². The van der Waals surface area contributed by atoms with E-state index in [2.05, 4.69) is 36.6 Å². The zero-order valence-corrected chi connectivity index (χ0v) is 14.0. The SMILES string of the molecule is Cc1ccc(-c2ccc(S(C)(=O)=O)cc2)c(-c2cccs2)c1. The van der Waals surface area contributed by atoms with Gasteiger partial charge in [-0.1, -0.05) is 35.9 Å². The van der Waals surface area contributed by atoms with Crippen molar-refractivity contribution in [2.24, 2.45) is 0 Å². The summed E-state index contributed by atoms with van der Waals surface area (Å²) >= 11 is 1.71. The van der Waals surface area contributed by atoms with Crippen molar-refractivity contribution in [2.45, 2.75) is 11.8 Å². The highest BCUT2D eigenvalue weighted by Gasteiger charge is 2.11. The first-order valence-electron chi connectivity index (χ1n) is 6.90. The molecule has 0 spiro atoms. The molecule has 2 aromatic carbocycles.